The lowest BCUT2D eigenvalue weighted by molar-refractivity contribution is 0.100. The van der Waals surface area contributed by atoms with Crippen molar-refractivity contribution in [3.63, 3.8) is 0 Å². The van der Waals surface area contributed by atoms with E-state index in [-0.39, 0.29) is 0 Å². The molecule has 18 heavy (non-hydrogen) atoms. The van der Waals surface area contributed by atoms with E-state index in [0.717, 1.165) is 23.7 Å². The van der Waals surface area contributed by atoms with E-state index in [1.165, 1.54) is 57.8 Å². The second kappa shape index (κ2) is 6.60. The first-order valence-electron chi connectivity index (χ1n) is 8.14. The zero-order valence-corrected chi connectivity index (χ0v) is 12.2. The molecule has 0 N–H and O–H groups in total. The van der Waals surface area contributed by atoms with Crippen molar-refractivity contribution in [2.45, 2.75) is 71.6 Å². The molecule has 2 aliphatic carbocycles. The van der Waals surface area contributed by atoms with Crippen molar-refractivity contribution >= 4 is 0 Å². The van der Waals surface area contributed by atoms with E-state index in [0.29, 0.717) is 5.92 Å². The van der Waals surface area contributed by atoms with E-state index >= 15 is 0 Å². The third-order valence-corrected chi connectivity index (χ3v) is 5.60. The van der Waals surface area contributed by atoms with E-state index in [1.54, 1.807) is 0 Å². The Balaban J connectivity index is 1.82. The van der Waals surface area contributed by atoms with Crippen molar-refractivity contribution in [3.8, 4) is 6.07 Å². The number of rotatable bonds is 3. The number of hydrogen-bond acceptors (Lipinski definition) is 1. The first-order valence-corrected chi connectivity index (χ1v) is 8.14. The van der Waals surface area contributed by atoms with Crippen LogP contribution in [0.3, 0.4) is 0 Å². The third-order valence-electron chi connectivity index (χ3n) is 5.60. The molecule has 0 spiro atoms. The molecular weight excluding hydrogens is 218 g/mol. The fraction of sp³-hybridized carbons (Fsp3) is 0.941. The van der Waals surface area contributed by atoms with Gasteiger partial charge in [-0.2, -0.15) is 5.26 Å². The number of hydrogen-bond donors (Lipinski definition) is 0. The Kier molecular flexibility index (Phi) is 5.10. The standard InChI is InChI=1S/C17H29N/c1-3-4-14-7-10-17(13(2)11-14)16-8-5-15(12-18)6-9-16/h13-17H,3-11H2,1-2H3/t13-,14+,15?,16?,17?/m1/s1. The van der Waals surface area contributed by atoms with Gasteiger partial charge in [-0.1, -0.05) is 33.1 Å². The van der Waals surface area contributed by atoms with Gasteiger partial charge in [-0.05, 0) is 62.2 Å². The average molecular weight is 247 g/mol. The lowest BCUT2D eigenvalue weighted by Gasteiger charge is -2.41. The van der Waals surface area contributed by atoms with Gasteiger partial charge in [0.15, 0.2) is 0 Å². The Morgan fingerprint density at radius 2 is 1.78 bits per heavy atom. The predicted molar refractivity (Wildman–Crippen MR) is 76.0 cm³/mol. The molecule has 0 radical (unpaired) electrons. The van der Waals surface area contributed by atoms with Crippen molar-refractivity contribution in [3.05, 3.63) is 0 Å². The van der Waals surface area contributed by atoms with Gasteiger partial charge in [-0.25, -0.2) is 0 Å². The summed E-state index contributed by atoms with van der Waals surface area (Å²) < 4.78 is 0. The topological polar surface area (TPSA) is 23.8 Å². The highest BCUT2D eigenvalue weighted by Gasteiger charge is 2.34. The summed E-state index contributed by atoms with van der Waals surface area (Å²) in [6, 6.07) is 2.46. The second-order valence-corrected chi connectivity index (χ2v) is 6.85. The summed E-state index contributed by atoms with van der Waals surface area (Å²) in [5, 5.41) is 8.98. The fourth-order valence-electron chi connectivity index (χ4n) is 4.58. The molecule has 0 aromatic carbocycles. The maximum Gasteiger partial charge on any atom is 0.0655 e. The van der Waals surface area contributed by atoms with Crippen LogP contribution in [0.2, 0.25) is 0 Å². The van der Waals surface area contributed by atoms with Crippen LogP contribution in [0.25, 0.3) is 0 Å². The Labute approximate surface area is 113 Å². The molecule has 2 saturated carbocycles. The first kappa shape index (κ1) is 13.9. The summed E-state index contributed by atoms with van der Waals surface area (Å²) >= 11 is 0. The smallest absolute Gasteiger partial charge is 0.0655 e. The van der Waals surface area contributed by atoms with Crippen molar-refractivity contribution in [2.24, 2.45) is 29.6 Å². The van der Waals surface area contributed by atoms with Crippen LogP contribution in [-0.4, -0.2) is 0 Å². The normalized spacial score (nSPS) is 41.3. The highest BCUT2D eigenvalue weighted by molar-refractivity contribution is 4.90. The Bertz CT molecular complexity index is 282. The van der Waals surface area contributed by atoms with Gasteiger partial charge < -0.3 is 0 Å². The van der Waals surface area contributed by atoms with E-state index in [9.17, 15) is 0 Å². The second-order valence-electron chi connectivity index (χ2n) is 6.85. The zero-order valence-electron chi connectivity index (χ0n) is 12.2. The molecule has 0 saturated heterocycles. The minimum atomic E-state index is 0.369. The zero-order chi connectivity index (χ0) is 13.0. The van der Waals surface area contributed by atoms with Gasteiger partial charge in [0.1, 0.15) is 0 Å². The Morgan fingerprint density at radius 1 is 1.06 bits per heavy atom. The lowest BCUT2D eigenvalue weighted by atomic mass is 9.64. The molecule has 1 heteroatoms. The molecule has 0 aromatic heterocycles. The molecule has 0 aliphatic heterocycles. The lowest BCUT2D eigenvalue weighted by Crippen LogP contribution is -2.31. The van der Waals surface area contributed by atoms with Crippen LogP contribution in [0.4, 0.5) is 0 Å². The summed E-state index contributed by atoms with van der Waals surface area (Å²) in [6.45, 7) is 4.81. The predicted octanol–water partition coefficient (Wildman–Crippen LogP) is 5.17. The van der Waals surface area contributed by atoms with Crippen molar-refractivity contribution in [1.82, 2.24) is 0 Å². The van der Waals surface area contributed by atoms with Crippen LogP contribution in [0, 0.1) is 40.9 Å². The van der Waals surface area contributed by atoms with Crippen LogP contribution in [0.15, 0.2) is 0 Å². The van der Waals surface area contributed by atoms with Gasteiger partial charge in [0.2, 0.25) is 0 Å². The number of nitriles is 1. The monoisotopic (exact) mass is 247 g/mol. The fourth-order valence-corrected chi connectivity index (χ4v) is 4.58. The van der Waals surface area contributed by atoms with E-state index in [2.05, 4.69) is 19.9 Å². The summed E-state index contributed by atoms with van der Waals surface area (Å²) in [5.74, 6) is 4.22. The largest absolute Gasteiger partial charge is 0.198 e. The summed E-state index contributed by atoms with van der Waals surface area (Å²) in [7, 11) is 0. The van der Waals surface area contributed by atoms with Crippen molar-refractivity contribution < 1.29 is 0 Å². The van der Waals surface area contributed by atoms with Crippen LogP contribution < -0.4 is 0 Å². The molecule has 0 bridgehead atoms. The first-order chi connectivity index (χ1) is 8.74. The minimum absolute atomic E-state index is 0.369. The van der Waals surface area contributed by atoms with E-state index in [4.69, 9.17) is 5.26 Å². The molecule has 1 unspecified atom stereocenters. The summed E-state index contributed by atoms with van der Waals surface area (Å²) in [5.41, 5.74) is 0. The SMILES string of the molecule is CCC[C@H]1CCC(C2CCC(C#N)CC2)[C@H](C)C1. The van der Waals surface area contributed by atoms with E-state index < -0.39 is 0 Å². The molecule has 0 aromatic rings. The summed E-state index contributed by atoms with van der Waals surface area (Å²) in [6.07, 6.45) is 12.2. The van der Waals surface area contributed by atoms with Gasteiger partial charge in [-0.15, -0.1) is 0 Å². The maximum atomic E-state index is 8.98. The van der Waals surface area contributed by atoms with Gasteiger partial charge in [0, 0.05) is 5.92 Å². The molecule has 2 rings (SSSR count). The Hall–Kier alpha value is -0.510. The molecule has 3 atom stereocenters. The number of nitrogens with zero attached hydrogens (tertiary/aromatic N) is 1. The van der Waals surface area contributed by atoms with Gasteiger partial charge in [0.25, 0.3) is 0 Å². The maximum absolute atomic E-state index is 8.98. The average Bonchev–Trinajstić information content (AvgIpc) is 2.40. The molecule has 0 amide bonds. The van der Waals surface area contributed by atoms with Crippen molar-refractivity contribution in [1.29, 1.82) is 5.26 Å². The van der Waals surface area contributed by atoms with Crippen LogP contribution in [-0.2, 0) is 0 Å². The molecule has 0 heterocycles. The third kappa shape index (κ3) is 3.28. The molecule has 102 valence electrons. The van der Waals surface area contributed by atoms with E-state index in [1.807, 2.05) is 0 Å². The van der Waals surface area contributed by atoms with Crippen LogP contribution >= 0.6 is 0 Å². The van der Waals surface area contributed by atoms with Crippen LogP contribution in [0.5, 0.6) is 0 Å². The molecule has 2 aliphatic rings. The quantitative estimate of drug-likeness (QED) is 0.675. The van der Waals surface area contributed by atoms with Crippen LogP contribution in [0.1, 0.15) is 71.6 Å². The highest BCUT2D eigenvalue weighted by atomic mass is 14.4. The van der Waals surface area contributed by atoms with Gasteiger partial charge in [0.05, 0.1) is 6.07 Å². The molecular formula is C17H29N. The Morgan fingerprint density at radius 3 is 2.33 bits per heavy atom. The minimum Gasteiger partial charge on any atom is -0.198 e. The van der Waals surface area contributed by atoms with Gasteiger partial charge >= 0.3 is 0 Å². The molecule has 1 nitrogen and oxygen atoms in total. The van der Waals surface area contributed by atoms with Crippen molar-refractivity contribution in [2.75, 3.05) is 0 Å². The highest BCUT2D eigenvalue weighted by Crippen LogP contribution is 2.44. The molecule has 2 fully saturated rings. The summed E-state index contributed by atoms with van der Waals surface area (Å²) in [4.78, 5) is 0. The van der Waals surface area contributed by atoms with Gasteiger partial charge in [-0.3, -0.25) is 0 Å².